The first-order chi connectivity index (χ1) is 14.3. The second kappa shape index (κ2) is 7.26. The maximum atomic E-state index is 13.4. The van der Waals surface area contributed by atoms with Gasteiger partial charge in [0.25, 0.3) is 0 Å². The van der Waals surface area contributed by atoms with Gasteiger partial charge in [-0.25, -0.2) is 8.42 Å². The Morgan fingerprint density at radius 2 is 1.83 bits per heavy atom. The highest BCUT2D eigenvalue weighted by Crippen LogP contribution is 2.56. The zero-order valence-corrected chi connectivity index (χ0v) is 18.8. The molecule has 0 radical (unpaired) electrons. The lowest BCUT2D eigenvalue weighted by molar-refractivity contribution is -0.148. The molecule has 1 saturated carbocycles. The highest BCUT2D eigenvalue weighted by atomic mass is 35.5. The Balaban J connectivity index is 1.46. The summed E-state index contributed by atoms with van der Waals surface area (Å²) >= 11 is 8.24. The van der Waals surface area contributed by atoms with E-state index >= 15 is 0 Å². The molecule has 0 aromatic heterocycles. The van der Waals surface area contributed by atoms with Crippen LogP contribution in [0.5, 0.6) is 0 Å². The molecule has 2 aromatic carbocycles. The zero-order chi connectivity index (χ0) is 21.1. The number of sulfonamides is 1. The number of carbonyl (C=O) groups excluding carboxylic acids is 1. The minimum Gasteiger partial charge on any atom is -0.456 e. The zero-order valence-electron chi connectivity index (χ0n) is 16.4. The number of carbonyl (C=O) groups is 1. The fourth-order valence-corrected chi connectivity index (χ4v) is 8.74. The molecular formula is C22H22ClNO4S2. The van der Waals surface area contributed by atoms with Crippen molar-refractivity contribution in [1.82, 2.24) is 4.31 Å². The smallest absolute Gasteiger partial charge is 0.320 e. The van der Waals surface area contributed by atoms with E-state index in [1.54, 1.807) is 24.3 Å². The summed E-state index contributed by atoms with van der Waals surface area (Å²) in [6, 6.07) is 16.3. The molecule has 1 spiro atoms. The van der Waals surface area contributed by atoms with Crippen molar-refractivity contribution < 1.29 is 17.9 Å². The van der Waals surface area contributed by atoms with Gasteiger partial charge < -0.3 is 4.74 Å². The van der Waals surface area contributed by atoms with Crippen molar-refractivity contribution >= 4 is 39.4 Å². The number of halogens is 1. The summed E-state index contributed by atoms with van der Waals surface area (Å²) < 4.78 is 34.2. The van der Waals surface area contributed by atoms with E-state index in [-0.39, 0.29) is 34.7 Å². The SMILES string of the molecule is Cc1ccc(S(=O)(=O)N2C[C@]34C[C@H]2CC(Cl)C3C(Sc2ccccc2)C(=O)O4)cc1. The lowest BCUT2D eigenvalue weighted by Crippen LogP contribution is -2.46. The number of benzene rings is 2. The summed E-state index contributed by atoms with van der Waals surface area (Å²) in [5, 5.41) is -0.757. The number of ether oxygens (including phenoxy) is 1. The fraction of sp³-hybridized carbons (Fsp3) is 0.409. The second-order valence-corrected chi connectivity index (χ2v) is 12.0. The molecule has 0 N–H and O–H groups in total. The van der Waals surface area contributed by atoms with Gasteiger partial charge in [-0.3, -0.25) is 4.79 Å². The Morgan fingerprint density at radius 1 is 1.13 bits per heavy atom. The number of esters is 1. The molecule has 2 saturated heterocycles. The monoisotopic (exact) mass is 463 g/mol. The highest BCUT2D eigenvalue weighted by molar-refractivity contribution is 8.00. The molecule has 30 heavy (non-hydrogen) atoms. The van der Waals surface area contributed by atoms with Crippen molar-refractivity contribution in [3.8, 4) is 0 Å². The maximum absolute atomic E-state index is 13.4. The molecule has 2 bridgehead atoms. The quantitative estimate of drug-likeness (QED) is 0.509. The normalized spacial score (nSPS) is 33.3. The van der Waals surface area contributed by atoms with E-state index in [9.17, 15) is 13.2 Å². The van der Waals surface area contributed by atoms with E-state index in [0.717, 1.165) is 10.5 Å². The van der Waals surface area contributed by atoms with Crippen LogP contribution in [0.25, 0.3) is 0 Å². The minimum absolute atomic E-state index is 0.166. The molecule has 2 heterocycles. The van der Waals surface area contributed by atoms with Crippen LogP contribution in [0.15, 0.2) is 64.4 Å². The molecule has 5 rings (SSSR count). The van der Waals surface area contributed by atoms with Gasteiger partial charge in [0, 0.05) is 28.7 Å². The first-order valence-corrected chi connectivity index (χ1v) is 12.7. The van der Waals surface area contributed by atoms with Crippen LogP contribution in [0, 0.1) is 12.8 Å². The van der Waals surface area contributed by atoms with Crippen molar-refractivity contribution in [3.05, 3.63) is 60.2 Å². The minimum atomic E-state index is -3.69. The summed E-state index contributed by atoms with van der Waals surface area (Å²) in [7, 11) is -3.69. The Hall–Kier alpha value is -1.54. The number of rotatable bonds is 4. The van der Waals surface area contributed by atoms with Crippen LogP contribution in [0.1, 0.15) is 18.4 Å². The van der Waals surface area contributed by atoms with E-state index in [1.165, 1.54) is 16.1 Å². The molecule has 1 aliphatic carbocycles. The van der Waals surface area contributed by atoms with Crippen molar-refractivity contribution in [3.63, 3.8) is 0 Å². The van der Waals surface area contributed by atoms with E-state index in [4.69, 9.17) is 16.3 Å². The fourth-order valence-electron chi connectivity index (χ4n) is 5.04. The number of thioether (sulfide) groups is 1. The predicted octanol–water partition coefficient (Wildman–Crippen LogP) is 3.84. The molecule has 2 aromatic rings. The van der Waals surface area contributed by atoms with Crippen LogP contribution in [0.3, 0.4) is 0 Å². The third-order valence-corrected chi connectivity index (χ3v) is 10.0. The molecule has 5 atom stereocenters. The van der Waals surface area contributed by atoms with E-state index in [0.29, 0.717) is 12.8 Å². The molecule has 8 heteroatoms. The van der Waals surface area contributed by atoms with Gasteiger partial charge in [0.05, 0.1) is 11.4 Å². The van der Waals surface area contributed by atoms with E-state index in [1.807, 2.05) is 37.3 Å². The third kappa shape index (κ3) is 3.18. The van der Waals surface area contributed by atoms with Gasteiger partial charge in [-0.05, 0) is 37.6 Å². The number of hydrogen-bond acceptors (Lipinski definition) is 5. The summed E-state index contributed by atoms with van der Waals surface area (Å²) in [6.07, 6.45) is 1.02. The van der Waals surface area contributed by atoms with Crippen LogP contribution in [-0.4, -0.2) is 47.5 Å². The van der Waals surface area contributed by atoms with Gasteiger partial charge >= 0.3 is 5.97 Å². The van der Waals surface area contributed by atoms with Gasteiger partial charge in [-0.15, -0.1) is 23.4 Å². The summed E-state index contributed by atoms with van der Waals surface area (Å²) in [5.74, 6) is -0.527. The Labute approximate surface area is 185 Å². The molecule has 3 aliphatic rings. The molecule has 3 fully saturated rings. The van der Waals surface area contributed by atoms with Gasteiger partial charge in [0.15, 0.2) is 0 Å². The largest absolute Gasteiger partial charge is 0.456 e. The van der Waals surface area contributed by atoms with Crippen molar-refractivity contribution in [2.45, 2.75) is 51.8 Å². The molecule has 2 aliphatic heterocycles. The maximum Gasteiger partial charge on any atom is 0.320 e. The summed E-state index contributed by atoms with van der Waals surface area (Å²) in [4.78, 5) is 14.1. The topological polar surface area (TPSA) is 63.7 Å². The van der Waals surface area contributed by atoms with Gasteiger partial charge in [-0.2, -0.15) is 4.31 Å². The standard InChI is InChI=1S/C22H22ClNO4S2/c1-14-7-9-17(10-8-14)30(26,27)24-13-22-12-15(24)11-18(23)19(22)20(21(25)28-22)29-16-5-3-2-4-6-16/h2-10,15,18-20H,11-13H2,1H3/t15-,18?,19?,20?,22-/m1/s1. The predicted molar refractivity (Wildman–Crippen MR) is 116 cm³/mol. The second-order valence-electron chi connectivity index (χ2n) is 8.34. The average Bonchev–Trinajstić information content (AvgIpc) is 3.17. The number of alkyl halides is 1. The Kier molecular flexibility index (Phi) is 4.93. The van der Waals surface area contributed by atoms with Crippen molar-refractivity contribution in [2.75, 3.05) is 6.54 Å². The number of hydrogen-bond donors (Lipinski definition) is 0. The molecule has 0 amide bonds. The molecule has 3 unspecified atom stereocenters. The number of fused-ring (bicyclic) bond motifs is 1. The molecule has 5 nitrogen and oxygen atoms in total. The van der Waals surface area contributed by atoms with Gasteiger partial charge in [-0.1, -0.05) is 35.9 Å². The van der Waals surface area contributed by atoms with Gasteiger partial charge in [0.1, 0.15) is 10.9 Å². The Morgan fingerprint density at radius 3 is 2.53 bits per heavy atom. The van der Waals surface area contributed by atoms with Crippen molar-refractivity contribution in [2.24, 2.45) is 5.92 Å². The van der Waals surface area contributed by atoms with Crippen LogP contribution < -0.4 is 0 Å². The van der Waals surface area contributed by atoms with Gasteiger partial charge in [0.2, 0.25) is 10.0 Å². The summed E-state index contributed by atoms with van der Waals surface area (Å²) in [5.41, 5.74) is 0.149. The van der Waals surface area contributed by atoms with E-state index in [2.05, 4.69) is 0 Å². The highest BCUT2D eigenvalue weighted by Gasteiger charge is 2.67. The van der Waals surface area contributed by atoms with E-state index < -0.39 is 20.9 Å². The van der Waals surface area contributed by atoms with Crippen LogP contribution in [-0.2, 0) is 19.6 Å². The lowest BCUT2D eigenvalue weighted by atomic mass is 9.76. The summed E-state index contributed by atoms with van der Waals surface area (Å²) in [6.45, 7) is 2.09. The molecule has 158 valence electrons. The first kappa shape index (κ1) is 20.4. The van der Waals surface area contributed by atoms with Crippen molar-refractivity contribution in [1.29, 1.82) is 0 Å². The average molecular weight is 464 g/mol. The number of aryl methyl sites for hydroxylation is 1. The number of nitrogens with zero attached hydrogens (tertiary/aromatic N) is 1. The Bertz CT molecular complexity index is 1080. The van der Waals surface area contributed by atoms with Crippen LogP contribution in [0.4, 0.5) is 0 Å². The first-order valence-electron chi connectivity index (χ1n) is 9.97. The molecular weight excluding hydrogens is 442 g/mol. The van der Waals surface area contributed by atoms with Crippen LogP contribution in [0.2, 0.25) is 0 Å². The lowest BCUT2D eigenvalue weighted by Gasteiger charge is -2.36. The third-order valence-electron chi connectivity index (χ3n) is 6.40. The van der Waals surface area contributed by atoms with Crippen LogP contribution >= 0.6 is 23.4 Å².